The number of aromatic nitrogens is 2. The Labute approximate surface area is 231 Å². The van der Waals surface area contributed by atoms with E-state index >= 15 is 4.39 Å². The van der Waals surface area contributed by atoms with Crippen molar-refractivity contribution >= 4 is 28.5 Å². The summed E-state index contributed by atoms with van der Waals surface area (Å²) in [5.41, 5.74) is -2.35. The van der Waals surface area contributed by atoms with Crippen molar-refractivity contribution in [1.82, 2.24) is 14.9 Å². The minimum absolute atomic E-state index is 0.000737. The van der Waals surface area contributed by atoms with Gasteiger partial charge in [0.05, 0.1) is 36.9 Å². The van der Waals surface area contributed by atoms with E-state index in [1.165, 1.54) is 11.7 Å². The summed E-state index contributed by atoms with van der Waals surface area (Å²) >= 11 is 1.05. The molecular weight excluding hydrogens is 555 g/mol. The molecule has 2 aromatic carbocycles. The lowest BCUT2D eigenvalue weighted by atomic mass is 9.95. The Hall–Kier alpha value is -2.74. The van der Waals surface area contributed by atoms with E-state index in [1.54, 1.807) is 0 Å². The molecule has 0 saturated carbocycles. The average Bonchev–Trinajstić information content (AvgIpc) is 3.06. The van der Waals surface area contributed by atoms with Crippen LogP contribution in [0.4, 0.5) is 27.8 Å². The highest BCUT2D eigenvalue weighted by atomic mass is 32.2. The zero-order chi connectivity index (χ0) is 28.8. The van der Waals surface area contributed by atoms with Gasteiger partial charge in [0.25, 0.3) is 0 Å². The molecule has 3 heterocycles. The van der Waals surface area contributed by atoms with Gasteiger partial charge in [-0.1, -0.05) is 0 Å². The minimum Gasteiger partial charge on any atom is -0.382 e. The van der Waals surface area contributed by atoms with Crippen LogP contribution >= 0.6 is 11.8 Å². The first-order valence-corrected chi connectivity index (χ1v) is 13.8. The second-order valence-electron chi connectivity index (χ2n) is 10.1. The minimum atomic E-state index is -4.88. The van der Waals surface area contributed by atoms with Gasteiger partial charge in [-0.25, -0.2) is 13.6 Å². The SMILES string of the molecule is COCCO[C@H]1CSc2c(-c3ccc(F)cc3F)c(C(F)(F)F)cc3c(N4C[C@@H](C)N[C@@H](C)C4)nc(=O)n(c23)C1. The molecule has 0 spiro atoms. The van der Waals surface area contributed by atoms with Gasteiger partial charge in [-0.15, -0.1) is 11.8 Å². The summed E-state index contributed by atoms with van der Waals surface area (Å²) in [6.45, 7) is 5.29. The summed E-state index contributed by atoms with van der Waals surface area (Å²) in [5, 5.41) is 3.51. The molecule has 2 aliphatic rings. The largest absolute Gasteiger partial charge is 0.417 e. The van der Waals surface area contributed by atoms with Crippen LogP contribution in [0.15, 0.2) is 34.0 Å². The van der Waals surface area contributed by atoms with Gasteiger partial charge in [-0.05, 0) is 32.0 Å². The van der Waals surface area contributed by atoms with E-state index in [9.17, 15) is 22.4 Å². The Morgan fingerprint density at radius 1 is 1.10 bits per heavy atom. The van der Waals surface area contributed by atoms with Gasteiger partial charge in [-0.3, -0.25) is 4.57 Å². The summed E-state index contributed by atoms with van der Waals surface area (Å²) in [6.07, 6.45) is -5.44. The van der Waals surface area contributed by atoms with Crippen molar-refractivity contribution < 1.29 is 31.4 Å². The zero-order valence-corrected chi connectivity index (χ0v) is 23.0. The second-order valence-corrected chi connectivity index (χ2v) is 11.2. The molecule has 40 heavy (non-hydrogen) atoms. The fraction of sp³-hybridized carbons (Fsp3) is 0.481. The first-order chi connectivity index (χ1) is 19.0. The number of piperazine rings is 1. The van der Waals surface area contributed by atoms with Crippen molar-refractivity contribution in [3.63, 3.8) is 0 Å². The Balaban J connectivity index is 1.83. The predicted molar refractivity (Wildman–Crippen MR) is 143 cm³/mol. The Morgan fingerprint density at radius 3 is 2.48 bits per heavy atom. The molecule has 1 fully saturated rings. The Kier molecular flexibility index (Phi) is 8.10. The monoisotopic (exact) mass is 584 g/mol. The standard InChI is InChI=1S/C27H29F5N4O3S/c1-14-10-35(11-15(2)33-14)25-19-9-20(27(30,31)32)22(18-5-4-16(28)8-21(18)29)24-23(19)36(26(37)34-25)12-17(13-40-24)39-7-6-38-3/h4-5,8-9,14-15,17,33H,6-7,10-13H2,1-3H3/t14-,15+,17-/m1/s1. The number of anilines is 1. The summed E-state index contributed by atoms with van der Waals surface area (Å²) in [4.78, 5) is 19.7. The zero-order valence-electron chi connectivity index (χ0n) is 22.1. The third kappa shape index (κ3) is 5.56. The van der Waals surface area contributed by atoms with Crippen molar-refractivity contribution in [3.8, 4) is 11.1 Å². The van der Waals surface area contributed by atoms with E-state index in [1.807, 2.05) is 18.7 Å². The first kappa shape index (κ1) is 28.8. The van der Waals surface area contributed by atoms with Crippen LogP contribution in [0, 0.1) is 11.6 Å². The molecule has 0 aliphatic carbocycles. The van der Waals surface area contributed by atoms with Gasteiger partial charge >= 0.3 is 11.9 Å². The smallest absolute Gasteiger partial charge is 0.382 e. The van der Waals surface area contributed by atoms with Crippen molar-refractivity contribution in [3.05, 3.63) is 51.9 Å². The molecule has 5 rings (SSSR count). The number of hydrogen-bond donors (Lipinski definition) is 1. The van der Waals surface area contributed by atoms with Crippen LogP contribution < -0.4 is 15.9 Å². The molecule has 0 unspecified atom stereocenters. The number of benzene rings is 2. The molecule has 0 bridgehead atoms. The van der Waals surface area contributed by atoms with Crippen molar-refractivity contribution in [1.29, 1.82) is 0 Å². The van der Waals surface area contributed by atoms with Gasteiger partial charge < -0.3 is 19.7 Å². The molecule has 7 nitrogen and oxygen atoms in total. The molecule has 0 radical (unpaired) electrons. The molecule has 3 aromatic rings. The summed E-state index contributed by atoms with van der Waals surface area (Å²) in [7, 11) is 1.51. The second kappa shape index (κ2) is 11.3. The number of hydrogen-bond acceptors (Lipinski definition) is 7. The number of nitrogens with zero attached hydrogens (tertiary/aromatic N) is 3. The number of ether oxygens (including phenoxy) is 2. The molecule has 0 amide bonds. The quantitative estimate of drug-likeness (QED) is 0.333. The van der Waals surface area contributed by atoms with Crippen molar-refractivity contribution in [2.24, 2.45) is 0 Å². The number of halogens is 5. The normalized spacial score (nSPS) is 21.6. The van der Waals surface area contributed by atoms with E-state index in [-0.39, 0.29) is 52.6 Å². The lowest BCUT2D eigenvalue weighted by Gasteiger charge is -2.37. The van der Waals surface area contributed by atoms with E-state index < -0.39 is 46.3 Å². The Bertz CT molecular complexity index is 1470. The first-order valence-electron chi connectivity index (χ1n) is 12.9. The van der Waals surface area contributed by atoms with Crippen molar-refractivity contribution in [2.45, 2.75) is 49.7 Å². The van der Waals surface area contributed by atoms with Crippen LogP contribution in [0.2, 0.25) is 0 Å². The predicted octanol–water partition coefficient (Wildman–Crippen LogP) is 4.68. The number of nitrogens with one attached hydrogen (secondary N) is 1. The average molecular weight is 585 g/mol. The third-order valence-electron chi connectivity index (χ3n) is 7.00. The molecule has 2 aliphatic heterocycles. The number of rotatable bonds is 6. The number of methoxy groups -OCH3 is 1. The highest BCUT2D eigenvalue weighted by Gasteiger charge is 2.39. The molecule has 1 aromatic heterocycles. The van der Waals surface area contributed by atoms with Gasteiger partial charge in [0.1, 0.15) is 17.5 Å². The number of thioether (sulfide) groups is 1. The highest BCUT2D eigenvalue weighted by Crippen LogP contribution is 2.48. The van der Waals surface area contributed by atoms with Crippen LogP contribution in [0.3, 0.4) is 0 Å². The maximum absolute atomic E-state index is 15.1. The molecular formula is C27H29F5N4O3S. The summed E-state index contributed by atoms with van der Waals surface area (Å²) in [6, 6.07) is 3.42. The van der Waals surface area contributed by atoms with Crippen LogP contribution in [0.1, 0.15) is 19.4 Å². The summed E-state index contributed by atoms with van der Waals surface area (Å²) in [5.74, 6) is -1.71. The maximum Gasteiger partial charge on any atom is 0.417 e. The van der Waals surface area contributed by atoms with Crippen LogP contribution in [0.25, 0.3) is 22.0 Å². The van der Waals surface area contributed by atoms with Crippen LogP contribution in [-0.2, 0) is 22.2 Å². The molecule has 216 valence electrons. The van der Waals surface area contributed by atoms with Crippen LogP contribution in [0.5, 0.6) is 0 Å². The Morgan fingerprint density at radius 2 is 1.82 bits per heavy atom. The van der Waals surface area contributed by atoms with E-state index in [4.69, 9.17) is 9.47 Å². The van der Waals surface area contributed by atoms with Crippen LogP contribution in [-0.4, -0.2) is 66.9 Å². The molecule has 3 atom stereocenters. The van der Waals surface area contributed by atoms with Gasteiger partial charge in [0.2, 0.25) is 0 Å². The molecule has 1 N–H and O–H groups in total. The van der Waals surface area contributed by atoms with E-state index in [0.29, 0.717) is 25.8 Å². The van der Waals surface area contributed by atoms with Crippen molar-refractivity contribution in [2.75, 3.05) is 44.1 Å². The lowest BCUT2D eigenvalue weighted by molar-refractivity contribution is -0.137. The fourth-order valence-corrected chi connectivity index (χ4v) is 6.73. The topological polar surface area (TPSA) is 68.6 Å². The van der Waals surface area contributed by atoms with E-state index in [2.05, 4.69) is 10.3 Å². The highest BCUT2D eigenvalue weighted by molar-refractivity contribution is 7.99. The molecule has 13 heteroatoms. The van der Waals surface area contributed by atoms with E-state index in [0.717, 1.165) is 30.0 Å². The lowest BCUT2D eigenvalue weighted by Crippen LogP contribution is -2.55. The number of alkyl halides is 3. The third-order valence-corrected chi connectivity index (χ3v) is 8.23. The fourth-order valence-electron chi connectivity index (χ4n) is 5.46. The summed E-state index contributed by atoms with van der Waals surface area (Å²) < 4.78 is 85.3. The maximum atomic E-state index is 15.1. The molecule has 1 saturated heterocycles. The van der Waals surface area contributed by atoms with Gasteiger partial charge in [-0.2, -0.15) is 18.2 Å². The van der Waals surface area contributed by atoms with Gasteiger partial charge in [0.15, 0.2) is 0 Å². The van der Waals surface area contributed by atoms with Gasteiger partial charge in [0, 0.05) is 65.5 Å².